The van der Waals surface area contributed by atoms with E-state index < -0.39 is 18.5 Å². The SMILES string of the molecule is CSN1CCC(Nc2ncc(Cl)c(-c3sc(CO)nc3C(F)(F)F)n2)CC1. The molecule has 2 aromatic rings. The summed E-state index contributed by atoms with van der Waals surface area (Å²) in [5, 5.41) is 12.3. The third-order valence-electron chi connectivity index (χ3n) is 4.08. The Morgan fingerprint density at radius 1 is 1.37 bits per heavy atom. The summed E-state index contributed by atoms with van der Waals surface area (Å²) in [7, 11) is 0. The molecule has 3 heterocycles. The summed E-state index contributed by atoms with van der Waals surface area (Å²) in [6.07, 6.45) is 0.389. The monoisotopic (exact) mass is 439 g/mol. The lowest BCUT2D eigenvalue weighted by molar-refractivity contribution is -0.140. The van der Waals surface area contributed by atoms with E-state index in [-0.39, 0.29) is 32.6 Å². The van der Waals surface area contributed by atoms with Gasteiger partial charge in [0.2, 0.25) is 5.95 Å². The van der Waals surface area contributed by atoms with E-state index in [4.69, 9.17) is 16.7 Å². The van der Waals surface area contributed by atoms with Crippen LogP contribution in [-0.2, 0) is 12.8 Å². The van der Waals surface area contributed by atoms with Crippen molar-refractivity contribution < 1.29 is 18.3 Å². The van der Waals surface area contributed by atoms with Crippen LogP contribution in [0.2, 0.25) is 5.02 Å². The maximum absolute atomic E-state index is 13.3. The topological polar surface area (TPSA) is 74.2 Å². The third kappa shape index (κ3) is 4.83. The fourth-order valence-electron chi connectivity index (χ4n) is 2.75. The summed E-state index contributed by atoms with van der Waals surface area (Å²) in [6, 6.07) is 0.138. The first-order chi connectivity index (χ1) is 12.8. The van der Waals surface area contributed by atoms with Gasteiger partial charge in [-0.05, 0) is 19.1 Å². The molecule has 0 bridgehead atoms. The zero-order valence-electron chi connectivity index (χ0n) is 14.3. The van der Waals surface area contributed by atoms with Crippen LogP contribution in [0.1, 0.15) is 23.5 Å². The van der Waals surface area contributed by atoms with Gasteiger partial charge in [0.05, 0.1) is 22.7 Å². The van der Waals surface area contributed by atoms with Crippen LogP contribution >= 0.6 is 34.9 Å². The molecule has 1 saturated heterocycles. The largest absolute Gasteiger partial charge is 0.434 e. The molecule has 27 heavy (non-hydrogen) atoms. The van der Waals surface area contributed by atoms with Crippen LogP contribution < -0.4 is 5.32 Å². The van der Waals surface area contributed by atoms with Crippen molar-refractivity contribution in [2.45, 2.75) is 31.7 Å². The second-order valence-electron chi connectivity index (χ2n) is 5.86. The molecule has 0 spiro atoms. The Balaban J connectivity index is 1.87. The zero-order valence-corrected chi connectivity index (χ0v) is 16.6. The van der Waals surface area contributed by atoms with Gasteiger partial charge >= 0.3 is 6.18 Å². The van der Waals surface area contributed by atoms with Crippen LogP contribution in [0.3, 0.4) is 0 Å². The average molecular weight is 440 g/mol. The summed E-state index contributed by atoms with van der Waals surface area (Å²) in [5.41, 5.74) is -1.14. The maximum atomic E-state index is 13.3. The highest BCUT2D eigenvalue weighted by Gasteiger charge is 2.39. The maximum Gasteiger partial charge on any atom is 0.434 e. The van der Waals surface area contributed by atoms with Gasteiger partial charge in [0.1, 0.15) is 10.7 Å². The molecule has 0 aromatic carbocycles. The van der Waals surface area contributed by atoms with Crippen molar-refractivity contribution in [2.75, 3.05) is 24.7 Å². The number of anilines is 1. The van der Waals surface area contributed by atoms with Crippen LogP contribution in [0, 0.1) is 0 Å². The predicted molar refractivity (Wildman–Crippen MR) is 101 cm³/mol. The number of alkyl halides is 3. The number of rotatable bonds is 5. The lowest BCUT2D eigenvalue weighted by atomic mass is 10.1. The number of hydrogen-bond acceptors (Lipinski definition) is 8. The van der Waals surface area contributed by atoms with E-state index in [1.807, 2.05) is 6.26 Å². The second kappa shape index (κ2) is 8.48. The van der Waals surface area contributed by atoms with Crippen molar-refractivity contribution in [1.82, 2.24) is 19.3 Å². The molecule has 0 radical (unpaired) electrons. The molecular formula is C15H17ClF3N5OS2. The third-order valence-corrected chi connectivity index (χ3v) is 6.28. The van der Waals surface area contributed by atoms with E-state index >= 15 is 0 Å². The highest BCUT2D eigenvalue weighted by atomic mass is 35.5. The Labute approximate surface area is 167 Å². The van der Waals surface area contributed by atoms with Gasteiger partial charge in [-0.25, -0.2) is 15.0 Å². The number of aliphatic hydroxyl groups excluding tert-OH is 1. The van der Waals surface area contributed by atoms with Gasteiger partial charge in [-0.3, -0.25) is 4.31 Å². The Morgan fingerprint density at radius 3 is 2.67 bits per heavy atom. The van der Waals surface area contributed by atoms with E-state index in [0.29, 0.717) is 0 Å². The van der Waals surface area contributed by atoms with Crippen molar-refractivity contribution in [1.29, 1.82) is 0 Å². The number of nitrogens with one attached hydrogen (secondary N) is 1. The lowest BCUT2D eigenvalue weighted by Gasteiger charge is -2.30. The number of halogens is 4. The average Bonchev–Trinajstić information content (AvgIpc) is 3.09. The molecule has 0 aliphatic carbocycles. The normalized spacial score (nSPS) is 16.7. The molecule has 148 valence electrons. The van der Waals surface area contributed by atoms with Crippen LogP contribution in [0.15, 0.2) is 6.20 Å². The van der Waals surface area contributed by atoms with Crippen LogP contribution in [0.25, 0.3) is 10.6 Å². The molecule has 1 aliphatic rings. The highest BCUT2D eigenvalue weighted by molar-refractivity contribution is 7.96. The summed E-state index contributed by atoms with van der Waals surface area (Å²) in [6.45, 7) is 1.23. The van der Waals surface area contributed by atoms with Gasteiger partial charge in [0.15, 0.2) is 5.69 Å². The second-order valence-corrected chi connectivity index (χ2v) is 8.23. The van der Waals surface area contributed by atoms with Crippen LogP contribution in [-0.4, -0.2) is 49.8 Å². The number of aromatic nitrogens is 3. The molecule has 2 N–H and O–H groups in total. The Hall–Kier alpha value is -1.14. The first kappa shape index (κ1) is 20.6. The smallest absolute Gasteiger partial charge is 0.389 e. The van der Waals surface area contributed by atoms with E-state index in [2.05, 4.69) is 24.6 Å². The summed E-state index contributed by atoms with van der Waals surface area (Å²) in [5.74, 6) is 0.226. The molecule has 6 nitrogen and oxygen atoms in total. The molecule has 12 heteroatoms. The van der Waals surface area contributed by atoms with Gasteiger partial charge in [-0.2, -0.15) is 13.2 Å². The van der Waals surface area contributed by atoms with Gasteiger partial charge < -0.3 is 10.4 Å². The first-order valence-electron chi connectivity index (χ1n) is 8.08. The minimum absolute atomic E-state index is 0.00334. The van der Waals surface area contributed by atoms with Crippen molar-refractivity contribution in [3.8, 4) is 10.6 Å². The summed E-state index contributed by atoms with van der Waals surface area (Å²) >= 11 is 8.48. The molecule has 1 aliphatic heterocycles. The van der Waals surface area contributed by atoms with Gasteiger partial charge in [0.25, 0.3) is 0 Å². The van der Waals surface area contributed by atoms with E-state index in [9.17, 15) is 13.2 Å². The van der Waals surface area contributed by atoms with Crippen molar-refractivity contribution >= 4 is 40.8 Å². The van der Waals surface area contributed by atoms with Crippen molar-refractivity contribution in [3.05, 3.63) is 21.9 Å². The minimum atomic E-state index is -4.67. The van der Waals surface area contributed by atoms with Crippen LogP contribution in [0.5, 0.6) is 0 Å². The molecule has 0 unspecified atom stereocenters. The number of hydrogen-bond donors (Lipinski definition) is 2. The van der Waals surface area contributed by atoms with Gasteiger partial charge in [-0.15, -0.1) is 11.3 Å². The predicted octanol–water partition coefficient (Wildman–Crippen LogP) is 3.92. The molecule has 0 atom stereocenters. The molecular weight excluding hydrogens is 423 g/mol. The Kier molecular flexibility index (Phi) is 6.46. The molecule has 3 rings (SSSR count). The number of aliphatic hydroxyl groups is 1. The minimum Gasteiger partial charge on any atom is -0.389 e. The fraction of sp³-hybridized carbons (Fsp3) is 0.533. The summed E-state index contributed by atoms with van der Waals surface area (Å²) < 4.78 is 42.2. The zero-order chi connectivity index (χ0) is 19.6. The fourth-order valence-corrected chi connectivity index (χ4v) is 4.51. The van der Waals surface area contributed by atoms with E-state index in [1.54, 1.807) is 11.9 Å². The summed E-state index contributed by atoms with van der Waals surface area (Å²) in [4.78, 5) is 11.6. The Morgan fingerprint density at radius 2 is 2.07 bits per heavy atom. The molecule has 0 amide bonds. The number of nitrogens with zero attached hydrogens (tertiary/aromatic N) is 4. The number of thiazole rings is 1. The van der Waals surface area contributed by atoms with Gasteiger partial charge in [0, 0.05) is 19.1 Å². The van der Waals surface area contributed by atoms with Crippen molar-refractivity contribution in [2.24, 2.45) is 0 Å². The van der Waals surface area contributed by atoms with Crippen LogP contribution in [0.4, 0.5) is 19.1 Å². The van der Waals surface area contributed by atoms with Crippen molar-refractivity contribution in [3.63, 3.8) is 0 Å². The van der Waals surface area contributed by atoms with E-state index in [0.717, 1.165) is 37.3 Å². The van der Waals surface area contributed by atoms with Gasteiger partial charge in [-0.1, -0.05) is 23.5 Å². The molecule has 1 fully saturated rings. The molecule has 0 saturated carbocycles. The standard InChI is InChI=1S/C15H17ClF3N5OS2/c1-26-24-4-2-8(3-5-24)21-14-20-6-9(16)11(23-14)12-13(15(17,18)19)22-10(7-25)27-12/h6,8,25H,2-5,7H2,1H3,(H,20,21,23). The first-order valence-corrected chi connectivity index (χ1v) is 10.5. The number of piperidine rings is 1. The molecule has 2 aromatic heterocycles. The quantitative estimate of drug-likeness (QED) is 0.684. The lowest BCUT2D eigenvalue weighted by Crippen LogP contribution is -2.35. The highest BCUT2D eigenvalue weighted by Crippen LogP contribution is 2.42. The van der Waals surface area contributed by atoms with E-state index in [1.165, 1.54) is 6.20 Å². The Bertz CT molecular complexity index is 796.